The summed E-state index contributed by atoms with van der Waals surface area (Å²) in [6.07, 6.45) is 20.1. The molecular weight excluding hydrogens is 961 g/mol. The number of rotatable bonds is 17. The quantitative estimate of drug-likeness (QED) is 0.0856. The summed E-state index contributed by atoms with van der Waals surface area (Å²) in [5.41, 5.74) is 22.6. The van der Waals surface area contributed by atoms with Gasteiger partial charge < -0.3 is 0 Å². The Hall–Kier alpha value is -5.67. The molecular formula is C76H100O3. The Balaban J connectivity index is 0.000000195. The molecule has 0 amide bonds. The largest absolute Gasteiger partial charge is 0.295 e. The Morgan fingerprint density at radius 3 is 1.32 bits per heavy atom. The first-order chi connectivity index (χ1) is 37.4. The van der Waals surface area contributed by atoms with Gasteiger partial charge in [-0.2, -0.15) is 0 Å². The fraction of sp³-hybridized carbons (Fsp3) is 0.487. The van der Waals surface area contributed by atoms with Crippen molar-refractivity contribution in [3.8, 4) is 0 Å². The highest BCUT2D eigenvalue weighted by Gasteiger charge is 2.31. The third-order valence-electron chi connectivity index (χ3n) is 18.5. The maximum Gasteiger partial charge on any atom is 0.160 e. The minimum absolute atomic E-state index is 0.0709. The highest BCUT2D eigenvalue weighted by atomic mass is 16.1. The zero-order valence-electron chi connectivity index (χ0n) is 52.1. The average Bonchev–Trinajstić information content (AvgIpc) is 3.50. The molecule has 6 aromatic rings. The standard InChI is InChI=1S/C30H40O.C26H36O.C20H24O/c1-21-15-16-25(19-28(21)23-11-7-5-8-12-23)30(3,4)26-17-18-27(22(2)31)29(20-26)24-13-9-6-10-14-24;1-7-9-11-22-17-19(3)13-15-24(22)26(5,6)25-16-14-21(20(4)27)18-23(25)12-10-8-2;1-13-7-8-17(11-14(13)2)20(5,6)18-9-10-19(16(4)21)15(3)12-18/h15-20,23-24H,5-14H2,1-4H3;13-18H,7-12H2,1-6H3;7-12H,1-6H3. The summed E-state index contributed by atoms with van der Waals surface area (Å²) in [7, 11) is 0. The summed E-state index contributed by atoms with van der Waals surface area (Å²) < 4.78 is 0. The third-order valence-corrected chi connectivity index (χ3v) is 18.5. The molecule has 0 saturated heterocycles. The van der Waals surface area contributed by atoms with Crippen molar-refractivity contribution < 1.29 is 14.4 Å². The van der Waals surface area contributed by atoms with Crippen LogP contribution in [0.2, 0.25) is 0 Å². The third kappa shape index (κ3) is 15.4. The molecule has 0 spiro atoms. The first-order valence-corrected chi connectivity index (χ1v) is 30.6. The summed E-state index contributed by atoms with van der Waals surface area (Å²) in [5.74, 6) is 1.75. The molecule has 0 aromatic heterocycles. The molecule has 0 unspecified atom stereocenters. The van der Waals surface area contributed by atoms with E-state index in [0.29, 0.717) is 5.92 Å². The minimum Gasteiger partial charge on any atom is -0.295 e. The van der Waals surface area contributed by atoms with Gasteiger partial charge in [-0.1, -0.05) is 215 Å². The van der Waals surface area contributed by atoms with E-state index in [1.165, 1.54) is 149 Å². The highest BCUT2D eigenvalue weighted by molar-refractivity contribution is 5.96. The SMILES string of the molecule is CC(=O)c1ccc(C(C)(C)c2ccc(C)c(C)c2)cc1C.CC(=O)c1ccc(C(C)(C)c2ccc(C)c(C3CCCCC3)c2)cc1C1CCCCC1.CCCCc1cc(C)ccc1C(C)(C)c1ccc(C(C)=O)cc1CCCC. The Kier molecular flexibility index (Phi) is 21.9. The topological polar surface area (TPSA) is 51.2 Å². The van der Waals surface area contributed by atoms with Crippen molar-refractivity contribution >= 4 is 17.3 Å². The summed E-state index contributed by atoms with van der Waals surface area (Å²) in [4.78, 5) is 35.9. The molecule has 0 aliphatic heterocycles. The van der Waals surface area contributed by atoms with E-state index in [4.69, 9.17) is 0 Å². The van der Waals surface area contributed by atoms with E-state index in [1.807, 2.05) is 19.1 Å². The molecule has 2 aliphatic rings. The van der Waals surface area contributed by atoms with Crippen LogP contribution >= 0.6 is 0 Å². The molecule has 79 heavy (non-hydrogen) atoms. The maximum atomic E-state index is 12.4. The number of unbranched alkanes of at least 4 members (excludes halogenated alkanes) is 2. The van der Waals surface area contributed by atoms with E-state index in [9.17, 15) is 14.4 Å². The van der Waals surface area contributed by atoms with Crippen molar-refractivity contribution in [1.29, 1.82) is 0 Å². The fourth-order valence-corrected chi connectivity index (χ4v) is 12.9. The first kappa shape index (κ1) is 62.5. The van der Waals surface area contributed by atoms with E-state index in [1.54, 1.807) is 26.3 Å². The van der Waals surface area contributed by atoms with Gasteiger partial charge in [0.25, 0.3) is 0 Å². The second kappa shape index (κ2) is 27.7. The summed E-state index contributed by atoms with van der Waals surface area (Å²) in [5, 5.41) is 0. The van der Waals surface area contributed by atoms with E-state index in [2.05, 4.69) is 180 Å². The lowest BCUT2D eigenvalue weighted by Gasteiger charge is -2.31. The monoisotopic (exact) mass is 1060 g/mol. The number of ketones is 3. The molecule has 2 aliphatic carbocycles. The van der Waals surface area contributed by atoms with Crippen molar-refractivity contribution in [3.05, 3.63) is 209 Å². The Bertz CT molecular complexity index is 3050. The van der Waals surface area contributed by atoms with Crippen LogP contribution in [0.25, 0.3) is 0 Å². The van der Waals surface area contributed by atoms with Crippen LogP contribution in [0.3, 0.4) is 0 Å². The Morgan fingerprint density at radius 1 is 0.405 bits per heavy atom. The van der Waals surface area contributed by atoms with Crippen LogP contribution in [0, 0.1) is 34.6 Å². The summed E-state index contributed by atoms with van der Waals surface area (Å²) >= 11 is 0. The van der Waals surface area contributed by atoms with Crippen molar-refractivity contribution in [2.45, 2.75) is 242 Å². The molecule has 2 fully saturated rings. The molecule has 2 saturated carbocycles. The van der Waals surface area contributed by atoms with E-state index < -0.39 is 0 Å². The number of hydrogen-bond acceptors (Lipinski definition) is 3. The van der Waals surface area contributed by atoms with Gasteiger partial charge >= 0.3 is 0 Å². The van der Waals surface area contributed by atoms with Crippen LogP contribution < -0.4 is 0 Å². The highest BCUT2D eigenvalue weighted by Crippen LogP contribution is 2.43. The maximum absolute atomic E-state index is 12.4. The zero-order chi connectivity index (χ0) is 57.8. The molecule has 0 atom stereocenters. The second-order valence-corrected chi connectivity index (χ2v) is 25.7. The Morgan fingerprint density at radius 2 is 0.835 bits per heavy atom. The van der Waals surface area contributed by atoms with Gasteiger partial charge in [-0.3, -0.25) is 14.4 Å². The number of Topliss-reactive ketones (excluding diaryl/α,β-unsaturated/α-hetero) is 3. The number of benzene rings is 6. The predicted octanol–water partition coefficient (Wildman–Crippen LogP) is 21.0. The van der Waals surface area contributed by atoms with Gasteiger partial charge in [-0.15, -0.1) is 0 Å². The molecule has 0 heterocycles. The number of hydrogen-bond donors (Lipinski definition) is 0. The predicted molar refractivity (Wildman–Crippen MR) is 338 cm³/mol. The van der Waals surface area contributed by atoms with Gasteiger partial charge in [-0.05, 0) is 203 Å². The lowest BCUT2D eigenvalue weighted by Crippen LogP contribution is -2.23. The first-order valence-electron chi connectivity index (χ1n) is 30.6. The van der Waals surface area contributed by atoms with E-state index >= 15 is 0 Å². The van der Waals surface area contributed by atoms with Gasteiger partial charge in [0.05, 0.1) is 0 Å². The van der Waals surface area contributed by atoms with Gasteiger partial charge in [-0.25, -0.2) is 0 Å². The van der Waals surface area contributed by atoms with Crippen LogP contribution in [0.1, 0.15) is 292 Å². The number of carbonyl (C=O) groups is 3. The van der Waals surface area contributed by atoms with Gasteiger partial charge in [0.1, 0.15) is 0 Å². The van der Waals surface area contributed by atoms with E-state index in [-0.39, 0.29) is 33.6 Å². The second-order valence-electron chi connectivity index (χ2n) is 25.7. The van der Waals surface area contributed by atoms with Crippen LogP contribution in [0.15, 0.2) is 109 Å². The van der Waals surface area contributed by atoms with Crippen molar-refractivity contribution in [3.63, 3.8) is 0 Å². The lowest BCUT2D eigenvalue weighted by atomic mass is 9.72. The molecule has 8 rings (SSSR count). The van der Waals surface area contributed by atoms with Crippen LogP contribution in [-0.2, 0) is 29.1 Å². The molecule has 422 valence electrons. The molecule has 3 nitrogen and oxygen atoms in total. The molecule has 0 radical (unpaired) electrons. The summed E-state index contributed by atoms with van der Waals surface area (Å²) in [6, 6.07) is 40.0. The van der Waals surface area contributed by atoms with Gasteiger partial charge in [0.2, 0.25) is 0 Å². The summed E-state index contributed by atoms with van der Waals surface area (Å²) in [6.45, 7) is 34.1. The minimum atomic E-state index is -0.0742. The van der Waals surface area contributed by atoms with Gasteiger partial charge in [0, 0.05) is 32.9 Å². The number of aryl methyl sites for hydroxylation is 7. The van der Waals surface area contributed by atoms with Crippen LogP contribution in [-0.4, -0.2) is 17.3 Å². The van der Waals surface area contributed by atoms with Crippen molar-refractivity contribution in [2.24, 2.45) is 0 Å². The van der Waals surface area contributed by atoms with Crippen molar-refractivity contribution in [1.82, 2.24) is 0 Å². The van der Waals surface area contributed by atoms with Crippen molar-refractivity contribution in [2.75, 3.05) is 0 Å². The fourth-order valence-electron chi connectivity index (χ4n) is 12.9. The Labute approximate surface area is 480 Å². The molecule has 0 N–H and O–H groups in total. The number of carbonyl (C=O) groups excluding carboxylic acids is 3. The van der Waals surface area contributed by atoms with Crippen LogP contribution in [0.5, 0.6) is 0 Å². The average molecular weight is 1060 g/mol. The smallest absolute Gasteiger partial charge is 0.160 e. The molecule has 0 bridgehead atoms. The van der Waals surface area contributed by atoms with Gasteiger partial charge in [0.15, 0.2) is 17.3 Å². The molecule has 6 aromatic carbocycles. The van der Waals surface area contributed by atoms with Crippen LogP contribution in [0.4, 0.5) is 0 Å². The normalized spacial score (nSPS) is 14.4. The lowest BCUT2D eigenvalue weighted by molar-refractivity contribution is 0.100. The zero-order valence-corrected chi connectivity index (χ0v) is 52.1. The van der Waals surface area contributed by atoms with E-state index in [0.717, 1.165) is 53.9 Å². The molecule has 3 heteroatoms.